The van der Waals surface area contributed by atoms with Gasteiger partial charge in [0.2, 0.25) is 5.91 Å². The molecule has 0 atom stereocenters. The van der Waals surface area contributed by atoms with Gasteiger partial charge in [-0.2, -0.15) is 0 Å². The normalized spacial score (nSPS) is 9.95. The van der Waals surface area contributed by atoms with Crippen molar-refractivity contribution in [2.24, 2.45) is 0 Å². The van der Waals surface area contributed by atoms with E-state index in [1.165, 1.54) is 0 Å². The lowest BCUT2D eigenvalue weighted by Crippen LogP contribution is -2.47. The van der Waals surface area contributed by atoms with Gasteiger partial charge >= 0.3 is 5.97 Å². The lowest BCUT2D eigenvalue weighted by Gasteiger charge is -2.22. The van der Waals surface area contributed by atoms with E-state index in [4.69, 9.17) is 16.7 Å². The third kappa shape index (κ3) is 6.27. The van der Waals surface area contributed by atoms with Crippen LogP contribution in [0.5, 0.6) is 0 Å². The largest absolute Gasteiger partial charge is 0.481 e. The van der Waals surface area contributed by atoms with Crippen molar-refractivity contribution in [2.75, 3.05) is 10.9 Å². The molecule has 114 valence electrons. The van der Waals surface area contributed by atoms with E-state index >= 15 is 0 Å². The highest BCUT2D eigenvalue weighted by Crippen LogP contribution is 2.12. The van der Waals surface area contributed by atoms with Gasteiger partial charge in [0.25, 0.3) is 5.91 Å². The van der Waals surface area contributed by atoms with Crippen molar-refractivity contribution < 1.29 is 19.5 Å². The zero-order valence-electron chi connectivity index (χ0n) is 11.4. The van der Waals surface area contributed by atoms with Crippen LogP contribution < -0.4 is 10.4 Å². The minimum absolute atomic E-state index is 0.219. The van der Waals surface area contributed by atoms with Crippen molar-refractivity contribution in [1.82, 2.24) is 5.43 Å². The molecule has 0 unspecified atom stereocenters. The van der Waals surface area contributed by atoms with Gasteiger partial charge in [0, 0.05) is 12.3 Å². The van der Waals surface area contributed by atoms with Crippen molar-refractivity contribution in [1.29, 1.82) is 0 Å². The van der Waals surface area contributed by atoms with E-state index in [0.29, 0.717) is 24.4 Å². The molecule has 6 nitrogen and oxygen atoms in total. The van der Waals surface area contributed by atoms with Crippen LogP contribution in [0.4, 0.5) is 5.69 Å². The van der Waals surface area contributed by atoms with Crippen molar-refractivity contribution >= 4 is 35.1 Å². The molecule has 0 aliphatic rings. The van der Waals surface area contributed by atoms with Gasteiger partial charge in [-0.15, -0.1) is 11.6 Å². The molecule has 7 heteroatoms. The second kappa shape index (κ2) is 8.97. The lowest BCUT2D eigenvalue weighted by atomic mass is 10.2. The van der Waals surface area contributed by atoms with Gasteiger partial charge in [0.15, 0.2) is 0 Å². The SMILES string of the molecule is O=C(O)CC(=O)N(NC(=O)CCCCCl)c1ccccc1. The number of anilines is 1. The van der Waals surface area contributed by atoms with Gasteiger partial charge in [-0.1, -0.05) is 18.2 Å². The highest BCUT2D eigenvalue weighted by molar-refractivity contribution is 6.17. The number of unbranched alkanes of at least 4 members (excludes halogenated alkanes) is 1. The molecule has 21 heavy (non-hydrogen) atoms. The minimum Gasteiger partial charge on any atom is -0.481 e. The lowest BCUT2D eigenvalue weighted by molar-refractivity contribution is -0.140. The summed E-state index contributed by atoms with van der Waals surface area (Å²) in [5.41, 5.74) is 2.85. The summed E-state index contributed by atoms with van der Waals surface area (Å²) < 4.78 is 0. The monoisotopic (exact) mass is 312 g/mol. The van der Waals surface area contributed by atoms with E-state index in [1.54, 1.807) is 30.3 Å². The summed E-state index contributed by atoms with van der Waals surface area (Å²) in [5.74, 6) is -1.85. The highest BCUT2D eigenvalue weighted by Gasteiger charge is 2.20. The highest BCUT2D eigenvalue weighted by atomic mass is 35.5. The smallest absolute Gasteiger partial charge is 0.312 e. The maximum Gasteiger partial charge on any atom is 0.312 e. The molecule has 0 bridgehead atoms. The van der Waals surface area contributed by atoms with Crippen LogP contribution in [0.2, 0.25) is 0 Å². The predicted molar refractivity (Wildman–Crippen MR) is 78.9 cm³/mol. The number of para-hydroxylation sites is 1. The Morgan fingerprint density at radius 2 is 1.81 bits per heavy atom. The van der Waals surface area contributed by atoms with Gasteiger partial charge in [-0.05, 0) is 25.0 Å². The first-order chi connectivity index (χ1) is 10.0. The van der Waals surface area contributed by atoms with Crippen LogP contribution in [0.25, 0.3) is 0 Å². The third-order valence-electron chi connectivity index (χ3n) is 2.59. The quantitative estimate of drug-likeness (QED) is 0.348. The average molecular weight is 313 g/mol. The molecule has 1 aromatic rings. The second-order valence-electron chi connectivity index (χ2n) is 4.32. The molecule has 0 aliphatic heterocycles. The Bertz CT molecular complexity index is 493. The summed E-state index contributed by atoms with van der Waals surface area (Å²) in [5, 5.41) is 9.68. The summed E-state index contributed by atoms with van der Waals surface area (Å²) in [6.45, 7) is 0. The van der Waals surface area contributed by atoms with E-state index in [1.807, 2.05) is 0 Å². The second-order valence-corrected chi connectivity index (χ2v) is 4.69. The molecule has 0 heterocycles. The summed E-state index contributed by atoms with van der Waals surface area (Å²) in [7, 11) is 0. The van der Waals surface area contributed by atoms with Gasteiger partial charge in [0.1, 0.15) is 6.42 Å². The van der Waals surface area contributed by atoms with Gasteiger partial charge < -0.3 is 5.11 Å². The van der Waals surface area contributed by atoms with E-state index < -0.39 is 18.3 Å². The number of amides is 2. The zero-order valence-corrected chi connectivity index (χ0v) is 12.2. The number of hydrogen-bond donors (Lipinski definition) is 2. The first-order valence-electron chi connectivity index (χ1n) is 6.50. The number of carbonyl (C=O) groups excluding carboxylic acids is 2. The van der Waals surface area contributed by atoms with E-state index in [2.05, 4.69) is 5.43 Å². The van der Waals surface area contributed by atoms with Crippen LogP contribution >= 0.6 is 11.6 Å². The first-order valence-corrected chi connectivity index (χ1v) is 7.03. The Kier molecular flexibility index (Phi) is 7.25. The van der Waals surface area contributed by atoms with E-state index in [9.17, 15) is 14.4 Å². The molecule has 0 aromatic heterocycles. The van der Waals surface area contributed by atoms with Crippen LogP contribution in [0.3, 0.4) is 0 Å². The number of nitrogens with zero attached hydrogens (tertiary/aromatic N) is 1. The van der Waals surface area contributed by atoms with E-state index in [-0.39, 0.29) is 12.3 Å². The molecule has 1 rings (SSSR count). The van der Waals surface area contributed by atoms with Crippen LogP contribution in [0.1, 0.15) is 25.7 Å². The number of alkyl halides is 1. The number of carbonyl (C=O) groups is 3. The van der Waals surface area contributed by atoms with Crippen molar-refractivity contribution in [3.63, 3.8) is 0 Å². The van der Waals surface area contributed by atoms with Crippen molar-refractivity contribution in [3.05, 3.63) is 30.3 Å². The van der Waals surface area contributed by atoms with Crippen LogP contribution in [0, 0.1) is 0 Å². The summed E-state index contributed by atoms with van der Waals surface area (Å²) >= 11 is 5.53. The van der Waals surface area contributed by atoms with Gasteiger partial charge in [-0.25, -0.2) is 5.01 Å². The number of benzene rings is 1. The Labute approximate surface area is 127 Å². The van der Waals surface area contributed by atoms with Crippen LogP contribution in [0.15, 0.2) is 30.3 Å². The number of hydrazine groups is 1. The molecule has 0 aliphatic carbocycles. The molecule has 0 fully saturated rings. The molecular weight excluding hydrogens is 296 g/mol. The number of nitrogens with one attached hydrogen (secondary N) is 1. The topological polar surface area (TPSA) is 86.7 Å². The number of hydrogen-bond acceptors (Lipinski definition) is 3. The molecule has 0 saturated carbocycles. The Morgan fingerprint density at radius 1 is 1.14 bits per heavy atom. The number of halogens is 1. The maximum atomic E-state index is 11.9. The molecule has 0 saturated heterocycles. The fourth-order valence-electron chi connectivity index (χ4n) is 1.62. The minimum atomic E-state index is -1.25. The molecule has 2 N–H and O–H groups in total. The number of aliphatic carboxylic acids is 1. The molecule has 1 aromatic carbocycles. The fourth-order valence-corrected chi connectivity index (χ4v) is 1.81. The third-order valence-corrected chi connectivity index (χ3v) is 2.86. The van der Waals surface area contributed by atoms with Crippen molar-refractivity contribution in [2.45, 2.75) is 25.7 Å². The van der Waals surface area contributed by atoms with E-state index in [0.717, 1.165) is 5.01 Å². The van der Waals surface area contributed by atoms with Gasteiger partial charge in [-0.3, -0.25) is 19.8 Å². The standard InChI is InChI=1S/C14H17ClN2O4/c15-9-5-4-8-12(18)16-17(13(19)10-14(20)21)11-6-2-1-3-7-11/h1-3,6-7H,4-5,8-10H2,(H,16,18)(H,20,21). The predicted octanol–water partition coefficient (Wildman–Crippen LogP) is 1.93. The zero-order chi connectivity index (χ0) is 15.7. The Balaban J connectivity index is 2.75. The van der Waals surface area contributed by atoms with Crippen LogP contribution in [-0.4, -0.2) is 28.8 Å². The molecule has 0 radical (unpaired) electrons. The van der Waals surface area contributed by atoms with Crippen LogP contribution in [-0.2, 0) is 14.4 Å². The molecular formula is C14H17ClN2O4. The first kappa shape index (κ1) is 17.0. The summed E-state index contributed by atoms with van der Waals surface area (Å²) in [4.78, 5) is 34.4. The average Bonchev–Trinajstić information content (AvgIpc) is 2.45. The summed E-state index contributed by atoms with van der Waals surface area (Å²) in [6.07, 6.45) is 0.821. The summed E-state index contributed by atoms with van der Waals surface area (Å²) in [6, 6.07) is 8.36. The van der Waals surface area contributed by atoms with Crippen molar-refractivity contribution in [3.8, 4) is 0 Å². The Hall–Kier alpha value is -2.08. The molecule has 2 amide bonds. The maximum absolute atomic E-state index is 11.9. The van der Waals surface area contributed by atoms with Gasteiger partial charge in [0.05, 0.1) is 5.69 Å². The number of carboxylic acid groups (broad SMARTS) is 1. The number of carboxylic acids is 1. The molecule has 0 spiro atoms. The number of rotatable bonds is 7. The Morgan fingerprint density at radius 3 is 2.38 bits per heavy atom. The fraction of sp³-hybridized carbons (Fsp3) is 0.357.